The van der Waals surface area contributed by atoms with Gasteiger partial charge in [-0.15, -0.1) is 0 Å². The lowest BCUT2D eigenvalue weighted by Gasteiger charge is -2.26. The van der Waals surface area contributed by atoms with E-state index in [2.05, 4.69) is 24.1 Å². The monoisotopic (exact) mass is 444 g/mol. The van der Waals surface area contributed by atoms with Crippen molar-refractivity contribution in [1.82, 2.24) is 10.3 Å². The fraction of sp³-hybridized carbons (Fsp3) is 0.458. The van der Waals surface area contributed by atoms with Crippen molar-refractivity contribution in [2.24, 2.45) is 5.92 Å². The zero-order valence-electron chi connectivity index (χ0n) is 19.2. The summed E-state index contributed by atoms with van der Waals surface area (Å²) in [5, 5.41) is 12.6. The Morgan fingerprint density at radius 3 is 2.41 bits per heavy atom. The maximum Gasteiger partial charge on any atom is 0.328 e. The van der Waals surface area contributed by atoms with Gasteiger partial charge in [0.2, 0.25) is 0 Å². The molecule has 0 aliphatic heterocycles. The first-order valence-electron chi connectivity index (χ1n) is 10.6. The van der Waals surface area contributed by atoms with Crippen molar-refractivity contribution in [3.05, 3.63) is 53.9 Å². The Balaban J connectivity index is 2.01. The molecule has 2 N–H and O–H groups in total. The van der Waals surface area contributed by atoms with Crippen molar-refractivity contribution in [2.45, 2.75) is 52.4 Å². The van der Waals surface area contributed by atoms with E-state index in [4.69, 9.17) is 14.2 Å². The third-order valence-electron chi connectivity index (χ3n) is 4.77. The highest BCUT2D eigenvalue weighted by atomic mass is 16.6. The Morgan fingerprint density at radius 2 is 1.78 bits per heavy atom. The number of aromatic nitrogens is 1. The van der Waals surface area contributed by atoms with Gasteiger partial charge in [0.25, 0.3) is 5.91 Å². The Kier molecular flexibility index (Phi) is 9.46. The maximum absolute atomic E-state index is 12.6. The molecule has 1 amide bonds. The van der Waals surface area contributed by atoms with Crippen LogP contribution in [0.15, 0.2) is 42.6 Å². The molecule has 8 nitrogen and oxygen atoms in total. The number of aromatic hydroxyl groups is 1. The second kappa shape index (κ2) is 12.0. The maximum atomic E-state index is 12.6. The van der Waals surface area contributed by atoms with Crippen LogP contribution in [0, 0.1) is 5.92 Å². The molecule has 3 atom stereocenters. The summed E-state index contributed by atoms with van der Waals surface area (Å²) in [6, 6.07) is 10.3. The first-order valence-corrected chi connectivity index (χ1v) is 10.6. The van der Waals surface area contributed by atoms with Crippen LogP contribution in [-0.2, 0) is 20.7 Å². The number of methoxy groups -OCH3 is 1. The largest absolute Gasteiger partial charge is 0.503 e. The molecule has 0 unspecified atom stereocenters. The van der Waals surface area contributed by atoms with Crippen LogP contribution < -0.4 is 10.1 Å². The van der Waals surface area contributed by atoms with Crippen LogP contribution in [-0.4, -0.2) is 53.9 Å². The summed E-state index contributed by atoms with van der Waals surface area (Å²) < 4.78 is 16.6. The SMILES string of the molecule is COc1ccnc(C(=O)N[C@@H](C)C(=O)O[C@@H](C)[C@@H](Cc2ccccc2)OCC(C)C)c1O. The minimum Gasteiger partial charge on any atom is -0.503 e. The molecule has 32 heavy (non-hydrogen) atoms. The van der Waals surface area contributed by atoms with Crippen molar-refractivity contribution < 1.29 is 28.9 Å². The lowest BCUT2D eigenvalue weighted by Crippen LogP contribution is -2.43. The Bertz CT molecular complexity index is 887. The van der Waals surface area contributed by atoms with Gasteiger partial charge in [-0.05, 0) is 25.3 Å². The van der Waals surface area contributed by atoms with E-state index < -0.39 is 29.8 Å². The first-order chi connectivity index (χ1) is 15.2. The van der Waals surface area contributed by atoms with Gasteiger partial charge in [-0.1, -0.05) is 44.2 Å². The van der Waals surface area contributed by atoms with Crippen LogP contribution in [0.2, 0.25) is 0 Å². The number of carbonyl (C=O) groups is 2. The highest BCUT2D eigenvalue weighted by Crippen LogP contribution is 2.27. The number of carbonyl (C=O) groups excluding carboxylic acids is 2. The van der Waals surface area contributed by atoms with Gasteiger partial charge in [-0.3, -0.25) is 4.79 Å². The second-order valence-electron chi connectivity index (χ2n) is 8.00. The number of benzene rings is 1. The van der Waals surface area contributed by atoms with E-state index in [1.807, 2.05) is 30.3 Å². The number of esters is 1. The molecule has 1 aromatic heterocycles. The van der Waals surface area contributed by atoms with Gasteiger partial charge in [0, 0.05) is 25.3 Å². The topological polar surface area (TPSA) is 107 Å². The molecule has 0 saturated heterocycles. The van der Waals surface area contributed by atoms with E-state index in [0.717, 1.165) is 5.56 Å². The van der Waals surface area contributed by atoms with Gasteiger partial charge in [-0.2, -0.15) is 0 Å². The summed E-state index contributed by atoms with van der Waals surface area (Å²) in [6.07, 6.45) is 1.04. The molecule has 1 heterocycles. The van der Waals surface area contributed by atoms with Crippen LogP contribution in [0.1, 0.15) is 43.7 Å². The van der Waals surface area contributed by atoms with E-state index in [0.29, 0.717) is 18.9 Å². The highest BCUT2D eigenvalue weighted by Gasteiger charge is 2.27. The molecule has 0 saturated carbocycles. The molecule has 0 bridgehead atoms. The van der Waals surface area contributed by atoms with Gasteiger partial charge >= 0.3 is 5.97 Å². The first kappa shape index (κ1) is 25.1. The predicted octanol–water partition coefficient (Wildman–Crippen LogP) is 3.13. The molecule has 1 aromatic carbocycles. The van der Waals surface area contributed by atoms with E-state index >= 15 is 0 Å². The Hall–Kier alpha value is -3.13. The predicted molar refractivity (Wildman–Crippen MR) is 120 cm³/mol. The Labute approximate surface area is 188 Å². The summed E-state index contributed by atoms with van der Waals surface area (Å²) in [6.45, 7) is 7.92. The number of nitrogens with one attached hydrogen (secondary N) is 1. The zero-order chi connectivity index (χ0) is 23.7. The lowest BCUT2D eigenvalue weighted by molar-refractivity contribution is -0.158. The van der Waals surface area contributed by atoms with E-state index in [1.165, 1.54) is 26.3 Å². The molecule has 0 spiro atoms. The van der Waals surface area contributed by atoms with Crippen molar-refractivity contribution >= 4 is 11.9 Å². The minimum absolute atomic E-state index is 0.111. The number of hydrogen-bond acceptors (Lipinski definition) is 7. The number of amides is 1. The zero-order valence-corrected chi connectivity index (χ0v) is 19.2. The van der Waals surface area contributed by atoms with Gasteiger partial charge in [0.15, 0.2) is 17.2 Å². The fourth-order valence-corrected chi connectivity index (χ4v) is 2.98. The van der Waals surface area contributed by atoms with Crippen molar-refractivity contribution in [3.8, 4) is 11.5 Å². The third-order valence-corrected chi connectivity index (χ3v) is 4.77. The lowest BCUT2D eigenvalue weighted by atomic mass is 10.0. The van der Waals surface area contributed by atoms with Gasteiger partial charge in [0.05, 0.1) is 13.2 Å². The van der Waals surface area contributed by atoms with Crippen LogP contribution in [0.4, 0.5) is 0 Å². The molecule has 2 aromatic rings. The molecule has 0 aliphatic carbocycles. The minimum atomic E-state index is -0.958. The highest BCUT2D eigenvalue weighted by molar-refractivity contribution is 5.97. The van der Waals surface area contributed by atoms with E-state index in [-0.39, 0.29) is 17.5 Å². The number of hydrogen-bond donors (Lipinski definition) is 2. The quantitative estimate of drug-likeness (QED) is 0.513. The molecule has 8 heteroatoms. The fourth-order valence-electron chi connectivity index (χ4n) is 2.98. The molecule has 0 fully saturated rings. The summed E-state index contributed by atoms with van der Waals surface area (Å²) >= 11 is 0. The molecule has 0 aliphatic rings. The third kappa shape index (κ3) is 7.23. The Morgan fingerprint density at radius 1 is 1.09 bits per heavy atom. The smallest absolute Gasteiger partial charge is 0.328 e. The molecule has 0 radical (unpaired) electrons. The molecule has 2 rings (SSSR count). The number of rotatable bonds is 11. The standard InChI is InChI=1S/C24H32N2O6/c1-15(2)14-31-20(13-18-9-7-6-8-10-18)17(4)32-24(29)16(3)26-23(28)21-22(27)19(30-5)11-12-25-21/h6-12,15-17,20,27H,13-14H2,1-5H3,(H,26,28)/t16-,17-,20+/m0/s1. The van der Waals surface area contributed by atoms with Crippen molar-refractivity contribution in [1.29, 1.82) is 0 Å². The van der Waals surface area contributed by atoms with Crippen molar-refractivity contribution in [2.75, 3.05) is 13.7 Å². The number of pyridine rings is 1. The number of ether oxygens (including phenoxy) is 3. The van der Waals surface area contributed by atoms with Gasteiger partial charge < -0.3 is 24.6 Å². The average molecular weight is 445 g/mol. The molecular weight excluding hydrogens is 412 g/mol. The van der Waals surface area contributed by atoms with E-state index in [1.54, 1.807) is 6.92 Å². The average Bonchev–Trinajstić information content (AvgIpc) is 2.77. The van der Waals surface area contributed by atoms with Crippen LogP contribution in [0.25, 0.3) is 0 Å². The van der Waals surface area contributed by atoms with Crippen LogP contribution in [0.3, 0.4) is 0 Å². The van der Waals surface area contributed by atoms with Gasteiger partial charge in [-0.25, -0.2) is 9.78 Å². The van der Waals surface area contributed by atoms with Crippen LogP contribution >= 0.6 is 0 Å². The summed E-state index contributed by atoms with van der Waals surface area (Å²) in [7, 11) is 1.37. The van der Waals surface area contributed by atoms with Crippen LogP contribution in [0.5, 0.6) is 11.5 Å². The number of nitrogens with zero attached hydrogens (tertiary/aromatic N) is 1. The van der Waals surface area contributed by atoms with Crippen molar-refractivity contribution in [3.63, 3.8) is 0 Å². The van der Waals surface area contributed by atoms with E-state index in [9.17, 15) is 14.7 Å². The molecule has 174 valence electrons. The normalized spacial score (nSPS) is 13.8. The second-order valence-corrected chi connectivity index (χ2v) is 8.00. The summed E-state index contributed by atoms with van der Waals surface area (Å²) in [5.74, 6) is -1.28. The van der Waals surface area contributed by atoms with Gasteiger partial charge in [0.1, 0.15) is 12.1 Å². The molecular formula is C24H32N2O6. The summed E-state index contributed by atoms with van der Waals surface area (Å²) in [4.78, 5) is 29.0. The summed E-state index contributed by atoms with van der Waals surface area (Å²) in [5.41, 5.74) is 0.837.